The molecule has 3 rings (SSSR count). The molecule has 6 heteroatoms. The number of amides is 1. The van der Waals surface area contributed by atoms with Crippen LogP contribution < -0.4 is 10.7 Å². The maximum absolute atomic E-state index is 12.5. The van der Waals surface area contributed by atoms with Crippen LogP contribution in [0.25, 0.3) is 5.69 Å². The lowest BCUT2D eigenvalue weighted by Crippen LogP contribution is -2.26. The standard InChI is InChI=1S/C19H17N3O3/c1-12-8-9-15(16(23)10-12)20-19(25)18-17(24)11-13(2)22(21-18)14-6-4-3-5-7-14/h3-11,23H,1-2H3,(H,20,25). The summed E-state index contributed by atoms with van der Waals surface area (Å²) in [5.74, 6) is -0.738. The normalized spacial score (nSPS) is 10.5. The maximum Gasteiger partial charge on any atom is 0.280 e. The number of anilines is 1. The summed E-state index contributed by atoms with van der Waals surface area (Å²) in [5, 5.41) is 16.6. The van der Waals surface area contributed by atoms with Crippen LogP contribution in [-0.2, 0) is 0 Å². The largest absolute Gasteiger partial charge is 0.506 e. The van der Waals surface area contributed by atoms with Gasteiger partial charge in [0.1, 0.15) is 5.75 Å². The molecule has 1 amide bonds. The third-order valence-electron chi connectivity index (χ3n) is 3.72. The number of aromatic nitrogens is 2. The van der Waals surface area contributed by atoms with E-state index < -0.39 is 11.3 Å². The van der Waals surface area contributed by atoms with Gasteiger partial charge in [0, 0.05) is 11.8 Å². The predicted octanol–water partition coefficient (Wildman–Crippen LogP) is 2.81. The number of aryl methyl sites for hydroxylation is 2. The molecule has 0 bridgehead atoms. The summed E-state index contributed by atoms with van der Waals surface area (Å²) >= 11 is 0. The summed E-state index contributed by atoms with van der Waals surface area (Å²) in [4.78, 5) is 24.7. The lowest BCUT2D eigenvalue weighted by atomic mass is 10.2. The van der Waals surface area contributed by atoms with Gasteiger partial charge in [0.15, 0.2) is 5.69 Å². The molecule has 0 aliphatic rings. The monoisotopic (exact) mass is 335 g/mol. The number of hydrogen-bond donors (Lipinski definition) is 2. The van der Waals surface area contributed by atoms with E-state index in [0.29, 0.717) is 5.69 Å². The highest BCUT2D eigenvalue weighted by atomic mass is 16.3. The van der Waals surface area contributed by atoms with E-state index in [9.17, 15) is 14.7 Å². The molecule has 6 nitrogen and oxygen atoms in total. The molecule has 3 aromatic rings. The quantitative estimate of drug-likeness (QED) is 0.721. The minimum absolute atomic E-state index is 0.0659. The van der Waals surface area contributed by atoms with Crippen molar-refractivity contribution in [1.82, 2.24) is 9.78 Å². The van der Waals surface area contributed by atoms with Crippen molar-refractivity contribution in [2.45, 2.75) is 13.8 Å². The lowest BCUT2D eigenvalue weighted by molar-refractivity contribution is 0.101. The molecule has 0 aliphatic heterocycles. The minimum Gasteiger partial charge on any atom is -0.506 e. The molecule has 1 heterocycles. The lowest BCUT2D eigenvalue weighted by Gasteiger charge is -2.12. The van der Waals surface area contributed by atoms with E-state index in [0.717, 1.165) is 11.3 Å². The van der Waals surface area contributed by atoms with E-state index in [4.69, 9.17) is 0 Å². The molecule has 25 heavy (non-hydrogen) atoms. The minimum atomic E-state index is -0.672. The summed E-state index contributed by atoms with van der Waals surface area (Å²) in [6, 6.07) is 15.4. The number of nitrogens with zero attached hydrogens (tertiary/aromatic N) is 2. The molecule has 2 aromatic carbocycles. The Morgan fingerprint density at radius 2 is 1.80 bits per heavy atom. The number of para-hydroxylation sites is 1. The Labute approximate surface area is 144 Å². The van der Waals surface area contributed by atoms with Gasteiger partial charge in [-0.05, 0) is 43.7 Å². The highest BCUT2D eigenvalue weighted by Gasteiger charge is 2.16. The Morgan fingerprint density at radius 3 is 2.48 bits per heavy atom. The molecule has 0 atom stereocenters. The molecule has 0 spiro atoms. The van der Waals surface area contributed by atoms with Gasteiger partial charge in [0.25, 0.3) is 5.91 Å². The molecule has 1 aromatic heterocycles. The second-order valence-electron chi connectivity index (χ2n) is 5.72. The number of rotatable bonds is 3. The third kappa shape index (κ3) is 3.42. The van der Waals surface area contributed by atoms with Crippen LogP contribution in [0.2, 0.25) is 0 Å². The van der Waals surface area contributed by atoms with E-state index in [-0.39, 0.29) is 17.1 Å². The SMILES string of the molecule is Cc1ccc(NC(=O)c2nn(-c3ccccc3)c(C)cc2=O)c(O)c1. The van der Waals surface area contributed by atoms with Crippen LogP contribution in [0.5, 0.6) is 5.75 Å². The Hall–Kier alpha value is -3.41. The highest BCUT2D eigenvalue weighted by molar-refractivity contribution is 6.03. The van der Waals surface area contributed by atoms with Crippen LogP contribution in [-0.4, -0.2) is 20.8 Å². The van der Waals surface area contributed by atoms with Gasteiger partial charge in [-0.25, -0.2) is 4.68 Å². The van der Waals surface area contributed by atoms with Gasteiger partial charge >= 0.3 is 0 Å². The summed E-state index contributed by atoms with van der Waals surface area (Å²) in [6.07, 6.45) is 0. The average Bonchev–Trinajstić information content (AvgIpc) is 2.58. The van der Waals surface area contributed by atoms with Crippen LogP contribution in [0.3, 0.4) is 0 Å². The smallest absolute Gasteiger partial charge is 0.280 e. The Bertz CT molecular complexity index is 995. The second kappa shape index (κ2) is 6.60. The average molecular weight is 335 g/mol. The van der Waals surface area contributed by atoms with E-state index in [1.54, 1.807) is 19.1 Å². The van der Waals surface area contributed by atoms with E-state index in [1.165, 1.54) is 16.8 Å². The van der Waals surface area contributed by atoms with E-state index in [2.05, 4.69) is 10.4 Å². The molecule has 0 saturated heterocycles. The van der Waals surface area contributed by atoms with Crippen molar-refractivity contribution in [2.24, 2.45) is 0 Å². The Morgan fingerprint density at radius 1 is 1.08 bits per heavy atom. The van der Waals surface area contributed by atoms with Gasteiger partial charge in [-0.1, -0.05) is 24.3 Å². The summed E-state index contributed by atoms with van der Waals surface area (Å²) in [5.41, 5.74) is 1.72. The molecule has 0 aliphatic carbocycles. The zero-order valence-corrected chi connectivity index (χ0v) is 13.9. The van der Waals surface area contributed by atoms with E-state index in [1.807, 2.05) is 37.3 Å². The maximum atomic E-state index is 12.5. The zero-order valence-electron chi connectivity index (χ0n) is 13.9. The number of phenolic OH excluding ortho intramolecular Hbond substituents is 1. The van der Waals surface area contributed by atoms with Crippen molar-refractivity contribution in [2.75, 3.05) is 5.32 Å². The molecular formula is C19H17N3O3. The van der Waals surface area contributed by atoms with Gasteiger partial charge in [-0.3, -0.25) is 9.59 Å². The fraction of sp³-hybridized carbons (Fsp3) is 0.105. The zero-order chi connectivity index (χ0) is 18.0. The third-order valence-corrected chi connectivity index (χ3v) is 3.72. The van der Waals surface area contributed by atoms with Crippen LogP contribution in [0.1, 0.15) is 21.7 Å². The van der Waals surface area contributed by atoms with Crippen molar-refractivity contribution in [3.8, 4) is 11.4 Å². The molecular weight excluding hydrogens is 318 g/mol. The Balaban J connectivity index is 1.99. The first kappa shape index (κ1) is 16.4. The fourth-order valence-corrected chi connectivity index (χ4v) is 2.46. The number of hydrogen-bond acceptors (Lipinski definition) is 4. The van der Waals surface area contributed by atoms with Crippen molar-refractivity contribution in [1.29, 1.82) is 0 Å². The number of benzene rings is 2. The van der Waals surface area contributed by atoms with Crippen molar-refractivity contribution < 1.29 is 9.90 Å². The molecule has 0 saturated carbocycles. The summed E-state index contributed by atoms with van der Waals surface area (Å²) in [6.45, 7) is 3.57. The van der Waals surface area contributed by atoms with Gasteiger partial charge in [0.2, 0.25) is 5.43 Å². The number of carbonyl (C=O) groups is 1. The summed E-state index contributed by atoms with van der Waals surface area (Å²) in [7, 11) is 0. The predicted molar refractivity (Wildman–Crippen MR) is 95.4 cm³/mol. The highest BCUT2D eigenvalue weighted by Crippen LogP contribution is 2.24. The van der Waals surface area contributed by atoms with Crippen LogP contribution in [0.4, 0.5) is 5.69 Å². The number of carbonyl (C=O) groups excluding carboxylic acids is 1. The molecule has 0 radical (unpaired) electrons. The first-order valence-electron chi connectivity index (χ1n) is 7.73. The van der Waals surface area contributed by atoms with Gasteiger partial charge < -0.3 is 10.4 Å². The fourth-order valence-electron chi connectivity index (χ4n) is 2.46. The van der Waals surface area contributed by atoms with Gasteiger partial charge in [-0.15, -0.1) is 0 Å². The Kier molecular flexibility index (Phi) is 4.35. The van der Waals surface area contributed by atoms with Crippen molar-refractivity contribution in [3.63, 3.8) is 0 Å². The second-order valence-corrected chi connectivity index (χ2v) is 5.72. The van der Waals surface area contributed by atoms with Crippen molar-refractivity contribution in [3.05, 3.63) is 81.8 Å². The van der Waals surface area contributed by atoms with Gasteiger partial charge in [-0.2, -0.15) is 5.10 Å². The van der Waals surface area contributed by atoms with Gasteiger partial charge in [0.05, 0.1) is 11.4 Å². The first-order chi connectivity index (χ1) is 12.0. The van der Waals surface area contributed by atoms with E-state index >= 15 is 0 Å². The topological polar surface area (TPSA) is 84.2 Å². The van der Waals surface area contributed by atoms with Crippen molar-refractivity contribution >= 4 is 11.6 Å². The van der Waals surface area contributed by atoms with Crippen LogP contribution >= 0.6 is 0 Å². The molecule has 0 unspecified atom stereocenters. The van der Waals surface area contributed by atoms with Crippen LogP contribution in [0.15, 0.2) is 59.4 Å². The number of aromatic hydroxyl groups is 1. The summed E-state index contributed by atoms with van der Waals surface area (Å²) < 4.78 is 1.53. The number of nitrogens with one attached hydrogen (secondary N) is 1. The first-order valence-corrected chi connectivity index (χ1v) is 7.73. The number of phenols is 1. The molecule has 2 N–H and O–H groups in total. The van der Waals surface area contributed by atoms with Crippen LogP contribution in [0, 0.1) is 13.8 Å². The molecule has 0 fully saturated rings. The molecule has 126 valence electrons.